The van der Waals surface area contributed by atoms with Gasteiger partial charge in [-0.15, -0.1) is 5.10 Å². The third-order valence-electron chi connectivity index (χ3n) is 5.58. The summed E-state index contributed by atoms with van der Waals surface area (Å²) in [4.78, 5) is 36.9. The van der Waals surface area contributed by atoms with E-state index in [1.54, 1.807) is 13.2 Å². The van der Waals surface area contributed by atoms with Gasteiger partial charge in [0.15, 0.2) is 11.0 Å². The van der Waals surface area contributed by atoms with Gasteiger partial charge in [0.2, 0.25) is 17.0 Å². The lowest BCUT2D eigenvalue weighted by molar-refractivity contribution is -0.118. The van der Waals surface area contributed by atoms with Crippen molar-refractivity contribution in [3.05, 3.63) is 78.4 Å². The van der Waals surface area contributed by atoms with E-state index in [2.05, 4.69) is 35.8 Å². The van der Waals surface area contributed by atoms with Gasteiger partial charge in [0.1, 0.15) is 5.75 Å². The molecule has 0 aliphatic carbocycles. The fraction of sp³-hybridized carbons (Fsp3) is 0.148. The van der Waals surface area contributed by atoms with Crippen LogP contribution in [0.3, 0.4) is 0 Å². The van der Waals surface area contributed by atoms with Crippen LogP contribution in [0.1, 0.15) is 5.56 Å². The molecule has 5 rings (SSSR count). The Morgan fingerprint density at radius 2 is 1.72 bits per heavy atom. The molecule has 0 aliphatic rings. The summed E-state index contributed by atoms with van der Waals surface area (Å²) in [5.41, 5.74) is 4.08. The molecule has 0 bridgehead atoms. The maximum Gasteiger partial charge on any atom is 0.234 e. The number of H-pyrrole nitrogens is 2. The number of methoxy groups -OCH3 is 1. The van der Waals surface area contributed by atoms with Gasteiger partial charge in [-0.2, -0.15) is 0 Å². The van der Waals surface area contributed by atoms with Crippen LogP contribution >= 0.6 is 23.5 Å². The summed E-state index contributed by atoms with van der Waals surface area (Å²) < 4.78 is 5.15. The molecule has 5 aromatic rings. The summed E-state index contributed by atoms with van der Waals surface area (Å²) in [6.45, 7) is 0.440. The lowest BCUT2D eigenvalue weighted by atomic mass is 10.2. The van der Waals surface area contributed by atoms with Crippen LogP contribution in [-0.4, -0.2) is 55.6 Å². The molecule has 0 radical (unpaired) electrons. The van der Waals surface area contributed by atoms with Gasteiger partial charge >= 0.3 is 0 Å². The molecule has 198 valence electrons. The van der Waals surface area contributed by atoms with E-state index in [0.29, 0.717) is 28.4 Å². The lowest BCUT2D eigenvalue weighted by Gasteiger charge is -2.05. The van der Waals surface area contributed by atoms with E-state index in [1.165, 1.54) is 23.5 Å². The first-order valence-corrected chi connectivity index (χ1v) is 14.0. The Kier molecular flexibility index (Phi) is 8.44. The average molecular weight is 560 g/mol. The SMILES string of the molecule is COc1ccc(CNC(=O)CSc2nc3ccc(NC(=O)CSc4n[nH]c(-c5ccccc5)n4)cc3[nH]2)cc1. The van der Waals surface area contributed by atoms with E-state index in [4.69, 9.17) is 4.74 Å². The monoisotopic (exact) mass is 559 g/mol. The molecule has 0 spiro atoms. The van der Waals surface area contributed by atoms with Crippen LogP contribution in [-0.2, 0) is 16.1 Å². The minimum atomic E-state index is -0.173. The van der Waals surface area contributed by atoms with Crippen molar-refractivity contribution >= 4 is 52.1 Å². The average Bonchev–Trinajstić information content (AvgIpc) is 3.61. The van der Waals surface area contributed by atoms with Gasteiger partial charge in [-0.3, -0.25) is 14.7 Å². The standard InChI is InChI=1S/C27H25N7O3S2/c1-37-20-10-7-17(8-11-20)14-28-23(35)15-38-26-30-21-12-9-19(13-22(21)31-26)29-24(36)16-39-27-32-25(33-34-27)18-5-3-2-4-6-18/h2-13H,14-16H2,1H3,(H,28,35)(H,29,36)(H,30,31)(H,32,33,34). The van der Waals surface area contributed by atoms with E-state index >= 15 is 0 Å². The number of rotatable bonds is 11. The van der Waals surface area contributed by atoms with Gasteiger partial charge in [0.05, 0.1) is 29.6 Å². The number of aromatic nitrogens is 5. The molecule has 2 amide bonds. The first-order valence-electron chi connectivity index (χ1n) is 12.0. The maximum atomic E-state index is 12.5. The van der Waals surface area contributed by atoms with E-state index in [9.17, 15) is 9.59 Å². The van der Waals surface area contributed by atoms with Crippen molar-refractivity contribution in [2.45, 2.75) is 16.9 Å². The molecule has 2 heterocycles. The normalized spacial score (nSPS) is 10.9. The molecule has 10 nitrogen and oxygen atoms in total. The van der Waals surface area contributed by atoms with Crippen molar-refractivity contribution in [1.29, 1.82) is 0 Å². The van der Waals surface area contributed by atoms with E-state index < -0.39 is 0 Å². The van der Waals surface area contributed by atoms with Crippen molar-refractivity contribution in [1.82, 2.24) is 30.5 Å². The number of nitrogens with one attached hydrogen (secondary N) is 4. The van der Waals surface area contributed by atoms with Crippen LogP contribution in [0.4, 0.5) is 5.69 Å². The topological polar surface area (TPSA) is 138 Å². The predicted molar refractivity (Wildman–Crippen MR) is 153 cm³/mol. The Balaban J connectivity index is 1.09. The Morgan fingerprint density at radius 3 is 2.51 bits per heavy atom. The molecule has 0 atom stereocenters. The summed E-state index contributed by atoms with van der Waals surface area (Å²) in [6, 6.07) is 22.7. The fourth-order valence-corrected chi connectivity index (χ4v) is 4.94. The highest BCUT2D eigenvalue weighted by molar-refractivity contribution is 8.00. The number of thioether (sulfide) groups is 2. The summed E-state index contributed by atoms with van der Waals surface area (Å²) >= 11 is 2.57. The van der Waals surface area contributed by atoms with Gasteiger partial charge in [0, 0.05) is 17.8 Å². The number of hydrogen-bond acceptors (Lipinski definition) is 8. The number of anilines is 1. The fourth-order valence-electron chi connectivity index (χ4n) is 3.62. The molecule has 3 aromatic carbocycles. The Morgan fingerprint density at radius 1 is 0.923 bits per heavy atom. The number of fused-ring (bicyclic) bond motifs is 1. The summed E-state index contributed by atoms with van der Waals surface area (Å²) in [5.74, 6) is 1.56. The van der Waals surface area contributed by atoms with Crippen molar-refractivity contribution < 1.29 is 14.3 Å². The highest BCUT2D eigenvalue weighted by Gasteiger charge is 2.11. The highest BCUT2D eigenvalue weighted by atomic mass is 32.2. The molecule has 39 heavy (non-hydrogen) atoms. The summed E-state index contributed by atoms with van der Waals surface area (Å²) in [7, 11) is 1.62. The lowest BCUT2D eigenvalue weighted by Crippen LogP contribution is -2.24. The van der Waals surface area contributed by atoms with Gasteiger partial charge < -0.3 is 20.4 Å². The van der Waals surface area contributed by atoms with Crippen LogP contribution < -0.4 is 15.4 Å². The number of benzene rings is 3. The third-order valence-corrected chi connectivity index (χ3v) is 7.30. The number of nitrogens with zero attached hydrogens (tertiary/aromatic N) is 3. The number of carbonyl (C=O) groups excluding carboxylic acids is 2. The van der Waals surface area contributed by atoms with Crippen LogP contribution in [0, 0.1) is 0 Å². The largest absolute Gasteiger partial charge is 0.497 e. The summed E-state index contributed by atoms with van der Waals surface area (Å²) in [5, 5.41) is 14.0. The Bertz CT molecular complexity index is 1570. The van der Waals surface area contributed by atoms with Crippen LogP contribution in [0.5, 0.6) is 5.75 Å². The Labute approximate surface area is 232 Å². The molecule has 0 unspecified atom stereocenters. The van der Waals surface area contributed by atoms with Crippen LogP contribution in [0.2, 0.25) is 0 Å². The van der Waals surface area contributed by atoms with Gasteiger partial charge in [-0.25, -0.2) is 9.97 Å². The molecule has 2 aromatic heterocycles. The number of hydrogen-bond donors (Lipinski definition) is 4. The van der Waals surface area contributed by atoms with Crippen molar-refractivity contribution in [2.24, 2.45) is 0 Å². The zero-order valence-corrected chi connectivity index (χ0v) is 22.6. The molecule has 4 N–H and O–H groups in total. The van der Waals surface area contributed by atoms with Crippen LogP contribution in [0.15, 0.2) is 83.1 Å². The van der Waals surface area contributed by atoms with E-state index in [-0.39, 0.29) is 23.3 Å². The maximum absolute atomic E-state index is 12.5. The second-order valence-electron chi connectivity index (χ2n) is 8.36. The molecular weight excluding hydrogens is 534 g/mol. The first-order chi connectivity index (χ1) is 19.1. The molecule has 0 aliphatic heterocycles. The molecule has 0 saturated carbocycles. The minimum Gasteiger partial charge on any atom is -0.497 e. The number of amides is 2. The zero-order chi connectivity index (χ0) is 27.0. The predicted octanol–water partition coefficient (Wildman–Crippen LogP) is 4.50. The number of aromatic amines is 2. The smallest absolute Gasteiger partial charge is 0.234 e. The zero-order valence-electron chi connectivity index (χ0n) is 20.9. The van der Waals surface area contributed by atoms with Gasteiger partial charge in [-0.05, 0) is 35.9 Å². The third kappa shape index (κ3) is 7.18. The second-order valence-corrected chi connectivity index (χ2v) is 10.3. The second kappa shape index (κ2) is 12.5. The van der Waals surface area contributed by atoms with Gasteiger partial charge in [0.25, 0.3) is 0 Å². The minimum absolute atomic E-state index is 0.0935. The van der Waals surface area contributed by atoms with Crippen molar-refractivity contribution in [3.8, 4) is 17.1 Å². The van der Waals surface area contributed by atoms with Crippen molar-refractivity contribution in [3.63, 3.8) is 0 Å². The highest BCUT2D eigenvalue weighted by Crippen LogP contribution is 2.23. The first kappa shape index (κ1) is 26.3. The van der Waals surface area contributed by atoms with E-state index in [1.807, 2.05) is 66.7 Å². The summed E-state index contributed by atoms with van der Waals surface area (Å²) in [6.07, 6.45) is 0. The van der Waals surface area contributed by atoms with Crippen molar-refractivity contribution in [2.75, 3.05) is 23.9 Å². The molecule has 0 fully saturated rings. The van der Waals surface area contributed by atoms with Gasteiger partial charge in [-0.1, -0.05) is 66.0 Å². The molecule has 0 saturated heterocycles. The van der Waals surface area contributed by atoms with E-state index in [0.717, 1.165) is 27.9 Å². The number of imidazole rings is 1. The quantitative estimate of drug-likeness (QED) is 0.174. The van der Waals surface area contributed by atoms with Crippen LogP contribution in [0.25, 0.3) is 22.4 Å². The molecular formula is C27H25N7O3S2. The number of ether oxygens (including phenoxy) is 1. The Hall–Kier alpha value is -4.29. The molecule has 12 heteroatoms. The number of carbonyl (C=O) groups is 2.